The average molecular weight is 531 g/mol. The first-order chi connectivity index (χ1) is 17.6. The third kappa shape index (κ3) is 17.0. The fourth-order valence-electron chi connectivity index (χ4n) is 3.40. The Morgan fingerprint density at radius 1 is 1.22 bits per heavy atom. The van der Waals surface area contributed by atoms with E-state index in [0.29, 0.717) is 24.6 Å². The number of hydrogen-bond acceptors (Lipinski definition) is 8. The van der Waals surface area contributed by atoms with Crippen LogP contribution in [0.25, 0.3) is 5.70 Å². The number of hydrazine groups is 1. The molecule has 0 atom stereocenters. The monoisotopic (exact) mass is 530 g/mol. The van der Waals surface area contributed by atoms with Crippen LogP contribution in [-0.2, 0) is 4.74 Å². The highest BCUT2D eigenvalue weighted by atomic mass is 32.1. The number of allylic oxidation sites excluding steroid dienone is 2. The molecule has 0 spiro atoms. The normalized spacial score (nSPS) is 12.9. The lowest BCUT2D eigenvalue weighted by Crippen LogP contribution is -2.34. The summed E-state index contributed by atoms with van der Waals surface area (Å²) in [6.45, 7) is 18.9. The van der Waals surface area contributed by atoms with Crippen LogP contribution in [0.1, 0.15) is 63.6 Å². The molecule has 0 unspecified atom stereocenters. The van der Waals surface area contributed by atoms with Crippen LogP contribution in [0.15, 0.2) is 58.1 Å². The van der Waals surface area contributed by atoms with E-state index in [1.807, 2.05) is 24.3 Å². The minimum Gasteiger partial charge on any atom is -0.478 e. The van der Waals surface area contributed by atoms with Crippen LogP contribution >= 0.6 is 12.6 Å². The van der Waals surface area contributed by atoms with Gasteiger partial charge in [0.1, 0.15) is 0 Å². The molecule has 0 saturated heterocycles. The predicted molar refractivity (Wildman–Crippen MR) is 166 cm³/mol. The maximum absolute atomic E-state index is 5.82. The first-order valence-corrected chi connectivity index (χ1v) is 13.5. The number of nitrogens with one attached hydrogen (secondary N) is 2. The number of aliphatic imine (C=N–C) groups is 2. The van der Waals surface area contributed by atoms with Gasteiger partial charge in [-0.05, 0) is 56.4 Å². The fourth-order valence-corrected chi connectivity index (χ4v) is 3.52. The highest BCUT2D eigenvalue weighted by Crippen LogP contribution is 2.24. The molecule has 1 rings (SSSR count). The Morgan fingerprint density at radius 2 is 1.89 bits per heavy atom. The van der Waals surface area contributed by atoms with Crippen molar-refractivity contribution in [3.05, 3.63) is 64.8 Å². The number of benzene rings is 1. The topological polar surface area (TPSA) is 110 Å². The van der Waals surface area contributed by atoms with E-state index >= 15 is 0 Å². The summed E-state index contributed by atoms with van der Waals surface area (Å²) in [6.07, 6.45) is 11.1. The highest BCUT2D eigenvalue weighted by molar-refractivity contribution is 7.80. The van der Waals surface area contributed by atoms with Gasteiger partial charge in [0.05, 0.1) is 25.6 Å². The van der Waals surface area contributed by atoms with Crippen LogP contribution in [-0.4, -0.2) is 44.9 Å². The summed E-state index contributed by atoms with van der Waals surface area (Å²) < 4.78 is 5.82. The molecule has 7 nitrogen and oxygen atoms in total. The molecule has 0 radical (unpaired) electrons. The van der Waals surface area contributed by atoms with E-state index < -0.39 is 0 Å². The Bertz CT molecular complexity index is 880. The van der Waals surface area contributed by atoms with E-state index in [1.165, 1.54) is 5.57 Å². The molecule has 1 aromatic rings. The largest absolute Gasteiger partial charge is 0.478 e. The van der Waals surface area contributed by atoms with Crippen LogP contribution in [0.3, 0.4) is 0 Å². The molecule has 6 N–H and O–H groups in total. The summed E-state index contributed by atoms with van der Waals surface area (Å²) in [7, 11) is 0. The summed E-state index contributed by atoms with van der Waals surface area (Å²) in [5, 5.41) is 3.16. The summed E-state index contributed by atoms with van der Waals surface area (Å²) in [5.41, 5.74) is 13.9. The molecule has 208 valence electrons. The Kier molecular flexibility index (Phi) is 19.5. The van der Waals surface area contributed by atoms with Gasteiger partial charge in [0.15, 0.2) is 0 Å². The van der Waals surface area contributed by atoms with Gasteiger partial charge in [-0.15, -0.1) is 0 Å². The van der Waals surface area contributed by atoms with Gasteiger partial charge in [0, 0.05) is 23.9 Å². The van der Waals surface area contributed by atoms with Crippen molar-refractivity contribution in [2.45, 2.75) is 60.8 Å². The van der Waals surface area contributed by atoms with Crippen molar-refractivity contribution >= 4 is 30.9 Å². The first kappa shape index (κ1) is 34.8. The number of hydrogen-bond donors (Lipinski definition) is 5. The van der Waals surface area contributed by atoms with Crippen molar-refractivity contribution in [1.82, 2.24) is 10.7 Å². The quantitative estimate of drug-likeness (QED) is 0.0327. The molecule has 0 fully saturated rings. The number of rotatable bonds is 14. The highest BCUT2D eigenvalue weighted by Gasteiger charge is 2.11. The van der Waals surface area contributed by atoms with Crippen molar-refractivity contribution in [2.75, 3.05) is 32.2 Å². The summed E-state index contributed by atoms with van der Waals surface area (Å²) >= 11 is 4.08. The molecule has 0 saturated carbocycles. The summed E-state index contributed by atoms with van der Waals surface area (Å²) in [6, 6.07) is 6.16. The molecular weight excluding hydrogens is 480 g/mol. The van der Waals surface area contributed by atoms with Crippen molar-refractivity contribution in [3.63, 3.8) is 0 Å². The number of aryl methyl sites for hydroxylation is 2. The molecule has 0 aromatic heterocycles. The van der Waals surface area contributed by atoms with Crippen LogP contribution < -0.4 is 22.3 Å². The molecule has 0 aliphatic carbocycles. The van der Waals surface area contributed by atoms with Gasteiger partial charge in [-0.1, -0.05) is 69.7 Å². The number of ether oxygens (including phenoxy) is 1. The van der Waals surface area contributed by atoms with E-state index in [2.05, 4.69) is 99.8 Å². The first-order valence-electron chi connectivity index (χ1n) is 12.8. The third-order valence-electron chi connectivity index (χ3n) is 5.34. The lowest BCUT2D eigenvalue weighted by atomic mass is 9.91. The van der Waals surface area contributed by atoms with Gasteiger partial charge >= 0.3 is 0 Å². The van der Waals surface area contributed by atoms with Crippen LogP contribution in [0.4, 0.5) is 0 Å². The van der Waals surface area contributed by atoms with E-state index in [1.54, 1.807) is 0 Å². The van der Waals surface area contributed by atoms with Gasteiger partial charge in [-0.3, -0.25) is 16.2 Å². The molecule has 0 amide bonds. The van der Waals surface area contributed by atoms with Gasteiger partial charge in [0.25, 0.3) is 0 Å². The maximum atomic E-state index is 5.82. The zero-order valence-corrected chi connectivity index (χ0v) is 24.7. The molecule has 37 heavy (non-hydrogen) atoms. The summed E-state index contributed by atoms with van der Waals surface area (Å²) in [5.74, 6) is 6.42. The Hall–Kier alpha value is -2.23. The Labute approximate surface area is 231 Å². The van der Waals surface area contributed by atoms with Gasteiger partial charge in [0.2, 0.25) is 5.90 Å². The van der Waals surface area contributed by atoms with Crippen molar-refractivity contribution in [2.24, 2.45) is 27.0 Å². The van der Waals surface area contributed by atoms with Crippen molar-refractivity contribution in [3.8, 4) is 0 Å². The number of nitrogens with zero attached hydrogens (tertiary/aromatic N) is 2. The van der Waals surface area contributed by atoms with Crippen LogP contribution in [0, 0.1) is 19.3 Å². The molecule has 8 heteroatoms. The van der Waals surface area contributed by atoms with Crippen LogP contribution in [0.5, 0.6) is 0 Å². The second-order valence-electron chi connectivity index (χ2n) is 9.74. The smallest absolute Gasteiger partial charge is 0.212 e. The molecular formula is C29H50N6OS. The summed E-state index contributed by atoms with van der Waals surface area (Å²) in [4.78, 5) is 8.42. The van der Waals surface area contributed by atoms with E-state index in [0.717, 1.165) is 53.9 Å². The minimum absolute atomic E-state index is 0.183. The van der Waals surface area contributed by atoms with Gasteiger partial charge in [-0.2, -0.15) is 12.6 Å². The Balaban J connectivity index is 0.000000845. The molecule has 1 aromatic carbocycles. The zero-order chi connectivity index (χ0) is 28.1. The molecule has 0 heterocycles. The number of thiol groups is 1. The van der Waals surface area contributed by atoms with E-state index in [9.17, 15) is 0 Å². The zero-order valence-electron chi connectivity index (χ0n) is 23.8. The third-order valence-corrected chi connectivity index (χ3v) is 5.55. The maximum Gasteiger partial charge on any atom is 0.212 e. The van der Waals surface area contributed by atoms with Crippen molar-refractivity contribution < 1.29 is 4.74 Å². The van der Waals surface area contributed by atoms with Crippen molar-refractivity contribution in [1.29, 1.82) is 0 Å². The van der Waals surface area contributed by atoms with E-state index in [-0.39, 0.29) is 6.67 Å². The minimum atomic E-state index is 0.183. The second kappa shape index (κ2) is 20.8. The fraction of sp³-hybridized carbons (Fsp3) is 0.517. The SMILES string of the molecule is C=N/C(=C\C(=N/CN)OCCCC(C)(C)C)c1c(C)cccc1C.CC/C(=C\C=C/CS)CNCNN. The predicted octanol–water partition coefficient (Wildman–Crippen LogP) is 5.32. The molecule has 0 aliphatic rings. The molecule has 0 aliphatic heterocycles. The lowest BCUT2D eigenvalue weighted by Gasteiger charge is -2.18. The van der Waals surface area contributed by atoms with Gasteiger partial charge in [-0.25, -0.2) is 10.4 Å². The lowest BCUT2D eigenvalue weighted by molar-refractivity contribution is 0.261. The standard InChI is InChI=1S/C20H31N3O.C9H19N3S/c1-15-9-7-10-16(2)19(15)17(22-6)13-18(23-14-21)24-12-8-11-20(3,4)5;1-2-9(5-3-4-6-13)7-11-8-12-10/h7,9-10,13H,6,8,11-12,14,21H2,1-5H3;3-5,11-13H,2,6-8,10H2,1H3/b17-13-,23-18+;4-3-,9-5+. The van der Waals surface area contributed by atoms with Gasteiger partial charge < -0.3 is 10.5 Å². The number of nitrogens with two attached hydrogens (primary N) is 2. The molecule has 0 bridgehead atoms. The van der Waals surface area contributed by atoms with Crippen LogP contribution in [0.2, 0.25) is 0 Å². The second-order valence-corrected chi connectivity index (χ2v) is 10.1. The van der Waals surface area contributed by atoms with E-state index in [4.69, 9.17) is 16.3 Å². The Morgan fingerprint density at radius 3 is 2.41 bits per heavy atom. The average Bonchev–Trinajstić information content (AvgIpc) is 2.84.